The van der Waals surface area contributed by atoms with Crippen molar-refractivity contribution in [3.8, 4) is 5.75 Å². The lowest BCUT2D eigenvalue weighted by molar-refractivity contribution is -0.139. The Bertz CT molecular complexity index is 1190. The van der Waals surface area contributed by atoms with Gasteiger partial charge in [0.25, 0.3) is 0 Å². The fourth-order valence-corrected chi connectivity index (χ4v) is 5.34. The number of hydrogen-bond acceptors (Lipinski definition) is 5. The van der Waals surface area contributed by atoms with Gasteiger partial charge in [-0.05, 0) is 35.9 Å². The number of anilines is 1. The number of hydrogen-bond donors (Lipinski definition) is 0. The number of likely N-dealkylation sites (tertiary alicyclic amines) is 1. The summed E-state index contributed by atoms with van der Waals surface area (Å²) in [5.74, 6) is -1.69. The van der Waals surface area contributed by atoms with E-state index in [-0.39, 0.29) is 24.1 Å². The molecule has 0 bridgehead atoms. The standard InChI is InChI=1S/C25H21ClN2O4/c1-3-11-27-24(30)20-19-9-7-14-12-16(26)8-10-18(14)28(19)22(21(20)25(27)31)23(29)15-5-4-6-17(13-15)32-2/h3-10,12-13,19-22H,1,11H2,2H3/t19-,20-,21-,22-/m1/s1. The van der Waals surface area contributed by atoms with Gasteiger partial charge in [-0.25, -0.2) is 0 Å². The molecule has 3 aliphatic rings. The third-order valence-electron chi connectivity index (χ3n) is 6.49. The molecule has 0 saturated carbocycles. The van der Waals surface area contributed by atoms with Crippen LogP contribution < -0.4 is 9.64 Å². The molecule has 162 valence electrons. The van der Waals surface area contributed by atoms with Crippen molar-refractivity contribution in [2.24, 2.45) is 11.8 Å². The Balaban J connectivity index is 1.66. The zero-order chi connectivity index (χ0) is 22.6. The zero-order valence-corrected chi connectivity index (χ0v) is 18.2. The summed E-state index contributed by atoms with van der Waals surface area (Å²) in [6.45, 7) is 3.80. The fraction of sp³-hybridized carbons (Fsp3) is 0.240. The van der Waals surface area contributed by atoms with Crippen LogP contribution in [0.4, 0.5) is 5.69 Å². The van der Waals surface area contributed by atoms with Crippen LogP contribution >= 0.6 is 11.6 Å². The lowest BCUT2D eigenvalue weighted by atomic mass is 9.86. The number of ketones is 1. The second-order valence-corrected chi connectivity index (χ2v) is 8.56. The molecule has 7 heteroatoms. The summed E-state index contributed by atoms with van der Waals surface area (Å²) < 4.78 is 5.29. The monoisotopic (exact) mass is 448 g/mol. The molecule has 0 radical (unpaired) electrons. The van der Waals surface area contributed by atoms with Gasteiger partial charge in [-0.15, -0.1) is 6.58 Å². The maximum atomic E-state index is 13.9. The number of ether oxygens (including phenoxy) is 1. The molecule has 3 heterocycles. The van der Waals surface area contributed by atoms with Crippen molar-refractivity contribution in [3.05, 3.63) is 77.3 Å². The molecule has 6 nitrogen and oxygen atoms in total. The highest BCUT2D eigenvalue weighted by Gasteiger charge is 2.63. The summed E-state index contributed by atoms with van der Waals surface area (Å²) in [5.41, 5.74) is 2.06. The number of nitrogens with zero attached hydrogens (tertiary/aromatic N) is 2. The van der Waals surface area contributed by atoms with Crippen molar-refractivity contribution in [2.75, 3.05) is 18.6 Å². The number of Topliss-reactive ketones (excluding diaryl/α,β-unsaturated/α-hetero) is 1. The van der Waals surface area contributed by atoms with E-state index in [1.807, 2.05) is 29.2 Å². The Morgan fingerprint density at radius 2 is 1.94 bits per heavy atom. The summed E-state index contributed by atoms with van der Waals surface area (Å²) in [6, 6.07) is 11.1. The smallest absolute Gasteiger partial charge is 0.236 e. The average molecular weight is 449 g/mol. The number of imide groups is 1. The molecule has 32 heavy (non-hydrogen) atoms. The SMILES string of the molecule is C=CCN1C(=O)[C@@H]2[C@H](C1=O)[C@H]1C=Cc3cc(Cl)ccc3N1[C@H]2C(=O)c1cccc(OC)c1. The van der Waals surface area contributed by atoms with Gasteiger partial charge in [0.05, 0.1) is 25.0 Å². The molecule has 0 aliphatic carbocycles. The van der Waals surface area contributed by atoms with Gasteiger partial charge < -0.3 is 9.64 Å². The number of methoxy groups -OCH3 is 1. The predicted octanol–water partition coefficient (Wildman–Crippen LogP) is 3.60. The summed E-state index contributed by atoms with van der Waals surface area (Å²) in [5, 5.41) is 0.575. The zero-order valence-electron chi connectivity index (χ0n) is 17.4. The first-order valence-corrected chi connectivity index (χ1v) is 10.7. The molecule has 2 aromatic rings. The van der Waals surface area contributed by atoms with Gasteiger partial charge in [0, 0.05) is 22.8 Å². The summed E-state index contributed by atoms with van der Waals surface area (Å²) in [7, 11) is 1.53. The van der Waals surface area contributed by atoms with E-state index in [1.165, 1.54) is 18.1 Å². The van der Waals surface area contributed by atoms with Crippen LogP contribution in [0, 0.1) is 11.8 Å². The normalized spacial score (nSPS) is 25.4. The van der Waals surface area contributed by atoms with Crippen molar-refractivity contribution in [2.45, 2.75) is 12.1 Å². The molecule has 2 saturated heterocycles. The van der Waals surface area contributed by atoms with Crippen LogP contribution in [0.5, 0.6) is 5.75 Å². The molecule has 0 spiro atoms. The maximum absolute atomic E-state index is 13.9. The van der Waals surface area contributed by atoms with Crippen molar-refractivity contribution in [1.29, 1.82) is 0 Å². The number of carbonyl (C=O) groups excluding carboxylic acids is 3. The third-order valence-corrected chi connectivity index (χ3v) is 6.73. The molecule has 3 aliphatic heterocycles. The molecule has 2 amide bonds. The quantitative estimate of drug-likeness (QED) is 0.397. The minimum Gasteiger partial charge on any atom is -0.497 e. The lowest BCUT2D eigenvalue weighted by Gasteiger charge is -2.36. The number of fused-ring (bicyclic) bond motifs is 5. The molecule has 2 aromatic carbocycles. The topological polar surface area (TPSA) is 66.9 Å². The molecule has 0 N–H and O–H groups in total. The Morgan fingerprint density at radius 3 is 2.69 bits per heavy atom. The molecular weight excluding hydrogens is 428 g/mol. The predicted molar refractivity (Wildman–Crippen MR) is 122 cm³/mol. The fourth-order valence-electron chi connectivity index (χ4n) is 5.16. The van der Waals surface area contributed by atoms with Crippen molar-refractivity contribution in [1.82, 2.24) is 4.90 Å². The largest absolute Gasteiger partial charge is 0.497 e. The molecule has 5 rings (SSSR count). The first-order chi connectivity index (χ1) is 15.5. The molecule has 0 unspecified atom stereocenters. The van der Waals surface area contributed by atoms with Gasteiger partial charge in [-0.3, -0.25) is 19.3 Å². The Morgan fingerprint density at radius 1 is 1.16 bits per heavy atom. The van der Waals surface area contributed by atoms with Crippen LogP contribution in [0.1, 0.15) is 15.9 Å². The molecular formula is C25H21ClN2O4. The Hall–Kier alpha value is -3.38. The minimum absolute atomic E-state index is 0.132. The van der Waals surface area contributed by atoms with E-state index in [1.54, 1.807) is 30.3 Å². The number of amides is 2. The second kappa shape index (κ2) is 7.64. The first kappa shape index (κ1) is 20.5. The van der Waals surface area contributed by atoms with Crippen LogP contribution in [-0.4, -0.2) is 48.2 Å². The third kappa shape index (κ3) is 2.90. The second-order valence-electron chi connectivity index (χ2n) is 8.13. The van der Waals surface area contributed by atoms with Gasteiger partial charge in [-0.1, -0.05) is 42.0 Å². The van der Waals surface area contributed by atoms with Crippen LogP contribution in [0.25, 0.3) is 6.08 Å². The van der Waals surface area contributed by atoms with Crippen LogP contribution in [0.3, 0.4) is 0 Å². The Labute approximate surface area is 190 Å². The van der Waals surface area contributed by atoms with E-state index < -0.39 is 23.9 Å². The molecule has 2 fully saturated rings. The summed E-state index contributed by atoms with van der Waals surface area (Å²) >= 11 is 6.19. The van der Waals surface area contributed by atoms with Gasteiger partial charge in [0.15, 0.2) is 5.78 Å². The van der Waals surface area contributed by atoms with Gasteiger partial charge in [0.2, 0.25) is 11.8 Å². The van der Waals surface area contributed by atoms with Gasteiger partial charge in [-0.2, -0.15) is 0 Å². The minimum atomic E-state index is -0.826. The van der Waals surface area contributed by atoms with Crippen LogP contribution in [0.15, 0.2) is 61.2 Å². The van der Waals surface area contributed by atoms with E-state index in [4.69, 9.17) is 16.3 Å². The first-order valence-electron chi connectivity index (χ1n) is 10.4. The number of halogens is 1. The van der Waals surface area contributed by atoms with E-state index in [0.29, 0.717) is 16.3 Å². The van der Waals surface area contributed by atoms with Gasteiger partial charge in [0.1, 0.15) is 11.8 Å². The van der Waals surface area contributed by atoms with Crippen LogP contribution in [-0.2, 0) is 9.59 Å². The average Bonchev–Trinajstić information content (AvgIpc) is 3.27. The number of rotatable bonds is 5. The van der Waals surface area contributed by atoms with Crippen molar-refractivity contribution < 1.29 is 19.1 Å². The van der Waals surface area contributed by atoms with Gasteiger partial charge >= 0.3 is 0 Å². The summed E-state index contributed by atoms with van der Waals surface area (Å²) in [6.07, 6.45) is 5.34. The van der Waals surface area contributed by atoms with Crippen molar-refractivity contribution in [3.63, 3.8) is 0 Å². The molecule has 4 atom stereocenters. The van der Waals surface area contributed by atoms with Crippen LogP contribution in [0.2, 0.25) is 5.02 Å². The van der Waals surface area contributed by atoms with E-state index >= 15 is 0 Å². The van der Waals surface area contributed by atoms with E-state index in [2.05, 4.69) is 6.58 Å². The Kier molecular flexibility index (Phi) is 4.90. The lowest BCUT2D eigenvalue weighted by Crippen LogP contribution is -2.48. The highest BCUT2D eigenvalue weighted by atomic mass is 35.5. The number of carbonyl (C=O) groups is 3. The highest BCUT2D eigenvalue weighted by Crippen LogP contribution is 2.49. The number of benzene rings is 2. The summed E-state index contributed by atoms with van der Waals surface area (Å²) in [4.78, 5) is 43.6. The van der Waals surface area contributed by atoms with Crippen molar-refractivity contribution >= 4 is 41.0 Å². The molecule has 0 aromatic heterocycles. The van der Waals surface area contributed by atoms with E-state index in [9.17, 15) is 14.4 Å². The van der Waals surface area contributed by atoms with E-state index in [0.717, 1.165) is 11.3 Å². The highest BCUT2D eigenvalue weighted by molar-refractivity contribution is 6.30. The maximum Gasteiger partial charge on any atom is 0.236 e.